The van der Waals surface area contributed by atoms with Crippen molar-refractivity contribution in [3.8, 4) is 17.2 Å². The van der Waals surface area contributed by atoms with Gasteiger partial charge < -0.3 is 15.3 Å². The molecule has 4 nitrogen and oxygen atoms in total. The fourth-order valence-corrected chi connectivity index (χ4v) is 1.99. The van der Waals surface area contributed by atoms with Crippen molar-refractivity contribution in [2.24, 2.45) is 0 Å². The zero-order valence-corrected chi connectivity index (χ0v) is 12.5. The minimum atomic E-state index is -0.178. The lowest BCUT2D eigenvalue weighted by Crippen LogP contribution is -1.95. The zero-order valence-electron chi connectivity index (χ0n) is 12.5. The third-order valence-electron chi connectivity index (χ3n) is 3.27. The molecule has 0 saturated carbocycles. The highest BCUT2D eigenvalue weighted by molar-refractivity contribution is 5.90. The topological polar surface area (TPSA) is 77.8 Å². The molecule has 23 heavy (non-hydrogen) atoms. The summed E-state index contributed by atoms with van der Waals surface area (Å²) in [7, 11) is 0. The summed E-state index contributed by atoms with van der Waals surface area (Å²) in [6, 6.07) is 11.3. The number of hydrogen-bond acceptors (Lipinski definition) is 4. The van der Waals surface area contributed by atoms with Crippen molar-refractivity contribution in [3.63, 3.8) is 0 Å². The van der Waals surface area contributed by atoms with Crippen molar-refractivity contribution in [1.82, 2.24) is 0 Å². The van der Waals surface area contributed by atoms with E-state index in [0.29, 0.717) is 12.8 Å². The number of ketones is 1. The van der Waals surface area contributed by atoms with Gasteiger partial charge in [-0.05, 0) is 47.9 Å². The molecule has 118 valence electrons. The summed E-state index contributed by atoms with van der Waals surface area (Å²) in [6.45, 7) is 0. The predicted octanol–water partition coefficient (Wildman–Crippen LogP) is 3.57. The van der Waals surface area contributed by atoms with E-state index >= 15 is 0 Å². The van der Waals surface area contributed by atoms with E-state index in [9.17, 15) is 20.1 Å². The minimum Gasteiger partial charge on any atom is -0.508 e. The molecule has 0 aromatic heterocycles. The van der Waals surface area contributed by atoms with Crippen molar-refractivity contribution < 1.29 is 20.1 Å². The molecule has 0 amide bonds. The van der Waals surface area contributed by atoms with Crippen molar-refractivity contribution in [2.45, 2.75) is 12.8 Å². The van der Waals surface area contributed by atoms with Gasteiger partial charge in [-0.25, -0.2) is 0 Å². The Morgan fingerprint density at radius 3 is 2.35 bits per heavy atom. The van der Waals surface area contributed by atoms with Crippen molar-refractivity contribution in [2.75, 3.05) is 0 Å². The normalized spacial score (nSPS) is 11.3. The lowest BCUT2D eigenvalue weighted by molar-refractivity contribution is -0.114. The molecule has 2 rings (SSSR count). The number of phenols is 3. The number of aromatic hydroxyl groups is 3. The van der Waals surface area contributed by atoms with Crippen LogP contribution >= 0.6 is 0 Å². The van der Waals surface area contributed by atoms with Crippen LogP contribution in [0.2, 0.25) is 0 Å². The number of carbonyl (C=O) groups is 1. The maximum Gasteiger partial charge on any atom is 0.157 e. The molecular weight excluding hydrogens is 292 g/mol. The molecule has 0 bridgehead atoms. The summed E-state index contributed by atoms with van der Waals surface area (Å²) < 4.78 is 0. The third kappa shape index (κ3) is 5.36. The first-order valence-corrected chi connectivity index (χ1v) is 7.22. The van der Waals surface area contributed by atoms with Crippen molar-refractivity contribution in [1.29, 1.82) is 0 Å². The van der Waals surface area contributed by atoms with E-state index in [0.717, 1.165) is 11.1 Å². The van der Waals surface area contributed by atoms with Crippen molar-refractivity contribution in [3.05, 3.63) is 71.8 Å². The van der Waals surface area contributed by atoms with E-state index in [1.807, 2.05) is 6.08 Å². The Morgan fingerprint density at radius 1 is 0.913 bits per heavy atom. The average molecular weight is 310 g/mol. The monoisotopic (exact) mass is 310 g/mol. The lowest BCUT2D eigenvalue weighted by atomic mass is 10.1. The summed E-state index contributed by atoms with van der Waals surface area (Å²) in [4.78, 5) is 11.8. The molecule has 0 aliphatic heterocycles. The molecule has 0 atom stereocenters. The maximum atomic E-state index is 11.8. The van der Waals surface area contributed by atoms with Crippen molar-refractivity contribution >= 4 is 11.9 Å². The fourth-order valence-electron chi connectivity index (χ4n) is 1.99. The quantitative estimate of drug-likeness (QED) is 0.433. The summed E-state index contributed by atoms with van der Waals surface area (Å²) in [5.41, 5.74) is 1.72. The molecule has 0 aliphatic rings. The van der Waals surface area contributed by atoms with E-state index in [4.69, 9.17) is 0 Å². The Hall–Kier alpha value is -3.01. The number of aryl methyl sites for hydroxylation is 1. The molecule has 0 radical (unpaired) electrons. The summed E-state index contributed by atoms with van der Waals surface area (Å²) in [5.74, 6) is -0.150. The van der Waals surface area contributed by atoms with E-state index in [1.165, 1.54) is 18.2 Å². The second-order valence-electron chi connectivity index (χ2n) is 5.10. The van der Waals surface area contributed by atoms with Crippen LogP contribution in [-0.4, -0.2) is 21.1 Å². The SMILES string of the molecule is O=C(/C=C/C=C/c1ccc(O)cc1)CCc1ccc(O)c(O)c1. The van der Waals surface area contributed by atoms with Gasteiger partial charge in [-0.3, -0.25) is 4.79 Å². The molecule has 4 heteroatoms. The average Bonchev–Trinajstić information content (AvgIpc) is 2.54. The van der Waals surface area contributed by atoms with E-state index in [2.05, 4.69) is 0 Å². The van der Waals surface area contributed by atoms with Gasteiger partial charge in [0.05, 0.1) is 0 Å². The van der Waals surface area contributed by atoms with Gasteiger partial charge in [0.2, 0.25) is 0 Å². The molecule has 2 aromatic carbocycles. The number of phenolic OH excluding ortho intramolecular Hbond substituents is 3. The molecule has 0 fully saturated rings. The number of benzene rings is 2. The highest BCUT2D eigenvalue weighted by Crippen LogP contribution is 2.25. The van der Waals surface area contributed by atoms with Crippen LogP contribution in [-0.2, 0) is 11.2 Å². The number of rotatable bonds is 6. The van der Waals surface area contributed by atoms with Crippen LogP contribution in [0.1, 0.15) is 17.5 Å². The Bertz CT molecular complexity index is 728. The first kappa shape index (κ1) is 16.4. The third-order valence-corrected chi connectivity index (χ3v) is 3.27. The van der Waals surface area contributed by atoms with Gasteiger partial charge in [0.1, 0.15) is 5.75 Å². The van der Waals surface area contributed by atoms with Gasteiger partial charge in [0.15, 0.2) is 17.3 Å². The van der Waals surface area contributed by atoms with Gasteiger partial charge in [-0.1, -0.05) is 36.4 Å². The molecule has 0 unspecified atom stereocenters. The van der Waals surface area contributed by atoms with E-state index in [1.54, 1.807) is 42.5 Å². The fraction of sp³-hybridized carbons (Fsp3) is 0.105. The standard InChI is InChI=1S/C19H18O4/c20-16(11-7-15-8-12-18(22)19(23)13-15)4-2-1-3-14-5-9-17(21)10-6-14/h1-6,8-10,12-13,21-23H,7,11H2/b3-1+,4-2+. The smallest absolute Gasteiger partial charge is 0.157 e. The van der Waals surface area contributed by atoms with Crippen LogP contribution in [0, 0.1) is 0 Å². The van der Waals surface area contributed by atoms with Crippen LogP contribution in [0.4, 0.5) is 0 Å². The number of hydrogen-bond donors (Lipinski definition) is 3. The molecule has 2 aromatic rings. The Kier molecular flexibility index (Phi) is 5.58. The molecule has 0 aliphatic carbocycles. The minimum absolute atomic E-state index is 0.0204. The first-order valence-electron chi connectivity index (χ1n) is 7.22. The molecule has 3 N–H and O–H groups in total. The highest BCUT2D eigenvalue weighted by atomic mass is 16.3. The second-order valence-corrected chi connectivity index (χ2v) is 5.10. The predicted molar refractivity (Wildman–Crippen MR) is 89.4 cm³/mol. The van der Waals surface area contributed by atoms with Crippen LogP contribution in [0.25, 0.3) is 6.08 Å². The molecular formula is C19H18O4. The maximum absolute atomic E-state index is 11.8. The lowest BCUT2D eigenvalue weighted by Gasteiger charge is -2.01. The summed E-state index contributed by atoms with van der Waals surface area (Å²) >= 11 is 0. The Morgan fingerprint density at radius 2 is 1.65 bits per heavy atom. The molecule has 0 saturated heterocycles. The van der Waals surface area contributed by atoms with Gasteiger partial charge >= 0.3 is 0 Å². The molecule has 0 heterocycles. The van der Waals surface area contributed by atoms with Gasteiger partial charge in [0, 0.05) is 6.42 Å². The van der Waals surface area contributed by atoms with Gasteiger partial charge in [-0.15, -0.1) is 0 Å². The Labute approximate surface area is 134 Å². The van der Waals surface area contributed by atoms with E-state index in [-0.39, 0.29) is 23.0 Å². The zero-order chi connectivity index (χ0) is 16.7. The molecule has 0 spiro atoms. The van der Waals surface area contributed by atoms with Crippen LogP contribution in [0.5, 0.6) is 17.2 Å². The summed E-state index contributed by atoms with van der Waals surface area (Å²) in [5, 5.41) is 27.8. The van der Waals surface area contributed by atoms with E-state index < -0.39 is 0 Å². The largest absolute Gasteiger partial charge is 0.508 e. The van der Waals surface area contributed by atoms with Gasteiger partial charge in [-0.2, -0.15) is 0 Å². The first-order chi connectivity index (χ1) is 11.0. The summed E-state index contributed by atoms with van der Waals surface area (Å²) in [6.07, 6.45) is 7.59. The van der Waals surface area contributed by atoms with Crippen LogP contribution in [0.3, 0.4) is 0 Å². The van der Waals surface area contributed by atoms with Crippen LogP contribution < -0.4 is 0 Å². The van der Waals surface area contributed by atoms with Gasteiger partial charge in [0.25, 0.3) is 0 Å². The highest BCUT2D eigenvalue weighted by Gasteiger charge is 2.02. The van der Waals surface area contributed by atoms with Crippen LogP contribution in [0.15, 0.2) is 60.7 Å². The number of carbonyl (C=O) groups excluding carboxylic acids is 1. The second kappa shape index (κ2) is 7.84. The number of allylic oxidation sites excluding steroid dienone is 3. The Balaban J connectivity index is 1.82.